The van der Waals surface area contributed by atoms with Crippen molar-refractivity contribution in [2.24, 2.45) is 0 Å². The summed E-state index contributed by atoms with van der Waals surface area (Å²) in [6, 6.07) is 8.16. The van der Waals surface area contributed by atoms with Crippen LogP contribution >= 0.6 is 0 Å². The Morgan fingerprint density at radius 3 is 2.84 bits per heavy atom. The molecule has 10 nitrogen and oxygen atoms in total. The Labute approximate surface area is 215 Å². The third-order valence-corrected chi connectivity index (χ3v) is 7.14. The molecule has 38 heavy (non-hydrogen) atoms. The number of hydrogen-bond acceptors (Lipinski definition) is 8. The molecular formula is C25H28F3N7O3. The van der Waals surface area contributed by atoms with Gasteiger partial charge in [0.2, 0.25) is 11.7 Å². The molecule has 0 spiro atoms. The highest BCUT2D eigenvalue weighted by Crippen LogP contribution is 2.36. The zero-order chi connectivity index (χ0) is 26.4. The first kappa shape index (κ1) is 24.9. The molecule has 2 atom stereocenters. The molecule has 0 aliphatic carbocycles. The van der Waals surface area contributed by atoms with Crippen LogP contribution < -0.4 is 5.32 Å². The minimum atomic E-state index is -4.85. The van der Waals surface area contributed by atoms with Crippen LogP contribution in [0.4, 0.5) is 19.0 Å². The molecule has 202 valence electrons. The molecule has 5 heterocycles. The average Bonchev–Trinajstić information content (AvgIpc) is 3.46. The zero-order valence-corrected chi connectivity index (χ0v) is 20.5. The number of benzene rings is 1. The molecule has 1 aromatic carbocycles. The summed E-state index contributed by atoms with van der Waals surface area (Å²) in [6.45, 7) is 2.30. The number of ether oxygens (including phenoxy) is 1. The Kier molecular flexibility index (Phi) is 6.36. The summed E-state index contributed by atoms with van der Waals surface area (Å²) < 4.78 is 47.2. The maximum atomic E-state index is 13.4. The van der Waals surface area contributed by atoms with Crippen LogP contribution in [0.15, 0.2) is 24.3 Å². The van der Waals surface area contributed by atoms with Crippen LogP contribution in [0.2, 0.25) is 0 Å². The Balaban J connectivity index is 1.20. The fourth-order valence-corrected chi connectivity index (χ4v) is 5.38. The summed E-state index contributed by atoms with van der Waals surface area (Å²) in [6.07, 6.45) is -3.08. The minimum absolute atomic E-state index is 0.0213. The zero-order valence-electron chi connectivity index (χ0n) is 20.5. The van der Waals surface area contributed by atoms with E-state index in [-0.39, 0.29) is 23.4 Å². The van der Waals surface area contributed by atoms with Gasteiger partial charge in [-0.25, -0.2) is 9.67 Å². The van der Waals surface area contributed by atoms with Crippen LogP contribution in [0.25, 0.3) is 21.9 Å². The molecule has 1 saturated heterocycles. The fourth-order valence-electron chi connectivity index (χ4n) is 5.38. The van der Waals surface area contributed by atoms with E-state index >= 15 is 0 Å². The van der Waals surface area contributed by atoms with Crippen LogP contribution in [-0.2, 0) is 23.9 Å². The summed E-state index contributed by atoms with van der Waals surface area (Å²) in [7, 11) is 0. The quantitative estimate of drug-likeness (QED) is 0.298. The number of alkyl halides is 3. The maximum Gasteiger partial charge on any atom is 0.451 e. The first-order valence-electron chi connectivity index (χ1n) is 12.7. The summed E-state index contributed by atoms with van der Waals surface area (Å²) in [5, 5.41) is 29.7. The van der Waals surface area contributed by atoms with Crippen molar-refractivity contribution in [2.45, 2.75) is 50.7 Å². The Morgan fingerprint density at radius 1 is 1.21 bits per heavy atom. The van der Waals surface area contributed by atoms with Crippen LogP contribution in [-0.4, -0.2) is 72.2 Å². The van der Waals surface area contributed by atoms with Gasteiger partial charge >= 0.3 is 6.18 Å². The van der Waals surface area contributed by atoms with Gasteiger partial charge in [-0.15, -0.1) is 5.10 Å². The molecule has 2 aliphatic heterocycles. The molecule has 0 radical (unpaired) electrons. The lowest BCUT2D eigenvalue weighted by Crippen LogP contribution is -2.39. The maximum absolute atomic E-state index is 13.4. The third-order valence-electron chi connectivity index (χ3n) is 7.14. The van der Waals surface area contributed by atoms with Crippen molar-refractivity contribution in [3.8, 4) is 5.88 Å². The van der Waals surface area contributed by atoms with Gasteiger partial charge in [-0.3, -0.25) is 4.90 Å². The standard InChI is InChI=1S/C25H28F3N7O3/c26-25(27,28)24-31-20-21(23(37)32-24)35(19-7-3-4-10-38-19)33-22(20)29-11-14(36)12-34-9-8-16-15-5-1-2-6-17(15)30-18(16)13-34/h1-2,5-6,14,19,30,36H,3-4,7-13H2,(H,29,33)(H,31,32,37). The molecule has 0 bridgehead atoms. The molecular weight excluding hydrogens is 503 g/mol. The van der Waals surface area contributed by atoms with E-state index in [0.29, 0.717) is 26.1 Å². The number of β-amino-alcohol motifs (C(OH)–C–C–N with tert-alkyl or cyclic N) is 1. The van der Waals surface area contributed by atoms with Gasteiger partial charge < -0.3 is 25.3 Å². The molecule has 6 rings (SSSR count). The van der Waals surface area contributed by atoms with Gasteiger partial charge in [0, 0.05) is 49.4 Å². The molecule has 3 aromatic heterocycles. The lowest BCUT2D eigenvalue weighted by Gasteiger charge is -2.29. The summed E-state index contributed by atoms with van der Waals surface area (Å²) in [5.74, 6) is -2.26. The number of para-hydroxylation sites is 1. The van der Waals surface area contributed by atoms with Gasteiger partial charge in [0.1, 0.15) is 5.52 Å². The van der Waals surface area contributed by atoms with E-state index in [9.17, 15) is 23.4 Å². The number of hydrogen-bond donors (Lipinski definition) is 4. The number of fused-ring (bicyclic) bond motifs is 4. The normalized spacial score (nSPS) is 19.6. The van der Waals surface area contributed by atoms with E-state index in [0.717, 1.165) is 37.0 Å². The molecule has 1 fully saturated rings. The number of nitrogens with one attached hydrogen (secondary N) is 2. The highest BCUT2D eigenvalue weighted by Gasteiger charge is 2.37. The number of aliphatic hydroxyl groups excluding tert-OH is 1. The van der Waals surface area contributed by atoms with Crippen molar-refractivity contribution in [3.63, 3.8) is 0 Å². The molecule has 2 unspecified atom stereocenters. The summed E-state index contributed by atoms with van der Waals surface area (Å²) >= 11 is 0. The van der Waals surface area contributed by atoms with Gasteiger partial charge in [0.15, 0.2) is 17.6 Å². The van der Waals surface area contributed by atoms with Gasteiger partial charge in [0.05, 0.1) is 6.10 Å². The lowest BCUT2D eigenvalue weighted by atomic mass is 10.0. The predicted octanol–water partition coefficient (Wildman–Crippen LogP) is 3.56. The van der Waals surface area contributed by atoms with E-state index in [1.807, 2.05) is 18.2 Å². The molecule has 13 heteroatoms. The minimum Gasteiger partial charge on any atom is -0.492 e. The molecule has 4 aromatic rings. The number of aromatic nitrogens is 5. The van der Waals surface area contributed by atoms with Crippen molar-refractivity contribution < 1.29 is 28.1 Å². The van der Waals surface area contributed by atoms with Crippen molar-refractivity contribution in [3.05, 3.63) is 41.3 Å². The lowest BCUT2D eigenvalue weighted by molar-refractivity contribution is -0.145. The Bertz CT molecular complexity index is 1460. The molecule has 0 amide bonds. The predicted molar refractivity (Wildman–Crippen MR) is 133 cm³/mol. The van der Waals surface area contributed by atoms with Crippen LogP contribution in [0.5, 0.6) is 5.88 Å². The van der Waals surface area contributed by atoms with Gasteiger partial charge in [-0.1, -0.05) is 18.2 Å². The number of nitrogens with zero attached hydrogens (tertiary/aromatic N) is 5. The van der Waals surface area contributed by atoms with Crippen LogP contribution in [0.1, 0.15) is 42.6 Å². The second-order valence-electron chi connectivity index (χ2n) is 9.83. The second-order valence-corrected chi connectivity index (χ2v) is 9.83. The van der Waals surface area contributed by atoms with E-state index in [1.54, 1.807) is 0 Å². The van der Waals surface area contributed by atoms with Crippen molar-refractivity contribution in [1.29, 1.82) is 0 Å². The average molecular weight is 532 g/mol. The topological polar surface area (TPSA) is 124 Å². The number of aromatic amines is 1. The van der Waals surface area contributed by atoms with E-state index in [2.05, 4.69) is 36.3 Å². The van der Waals surface area contributed by atoms with Gasteiger partial charge in [0.25, 0.3) is 0 Å². The smallest absolute Gasteiger partial charge is 0.451 e. The first-order chi connectivity index (χ1) is 18.3. The third kappa shape index (κ3) is 4.65. The summed E-state index contributed by atoms with van der Waals surface area (Å²) in [5.41, 5.74) is 3.30. The highest BCUT2D eigenvalue weighted by atomic mass is 19.4. The largest absolute Gasteiger partial charge is 0.492 e. The van der Waals surface area contributed by atoms with Crippen LogP contribution in [0, 0.1) is 0 Å². The number of H-pyrrole nitrogens is 1. The van der Waals surface area contributed by atoms with Crippen LogP contribution in [0.3, 0.4) is 0 Å². The number of aliphatic hydroxyl groups is 1. The number of rotatable bonds is 6. The molecule has 0 saturated carbocycles. The van der Waals surface area contributed by atoms with Gasteiger partial charge in [-0.2, -0.15) is 18.2 Å². The number of anilines is 1. The van der Waals surface area contributed by atoms with E-state index in [1.165, 1.54) is 15.6 Å². The van der Waals surface area contributed by atoms with E-state index < -0.39 is 30.2 Å². The highest BCUT2D eigenvalue weighted by molar-refractivity contribution is 5.89. The SMILES string of the molecule is Oc1nc(C(F)(F)F)nc2c(NCC(O)CN3CCc4c([nH]c5ccccc45)C3)nn(C3CCCCO3)c12. The van der Waals surface area contributed by atoms with Crippen molar-refractivity contribution in [2.75, 3.05) is 31.6 Å². The van der Waals surface area contributed by atoms with Gasteiger partial charge in [-0.05, 0) is 37.3 Å². The summed E-state index contributed by atoms with van der Waals surface area (Å²) in [4.78, 5) is 12.5. The first-order valence-corrected chi connectivity index (χ1v) is 12.7. The number of aromatic hydroxyl groups is 1. The monoisotopic (exact) mass is 531 g/mol. The Hall–Kier alpha value is -3.42. The molecule has 2 aliphatic rings. The Morgan fingerprint density at radius 2 is 2.05 bits per heavy atom. The van der Waals surface area contributed by atoms with E-state index in [4.69, 9.17) is 4.74 Å². The second kappa shape index (κ2) is 9.71. The molecule has 4 N–H and O–H groups in total. The number of halogens is 3. The van der Waals surface area contributed by atoms with Crippen molar-refractivity contribution in [1.82, 2.24) is 29.6 Å². The van der Waals surface area contributed by atoms with Crippen molar-refractivity contribution >= 4 is 27.8 Å². The fraction of sp³-hybridized carbons (Fsp3) is 0.480.